The van der Waals surface area contributed by atoms with Gasteiger partial charge in [0.15, 0.2) is 16.6 Å². The molecule has 3 fully saturated rings. The van der Waals surface area contributed by atoms with Crippen LogP contribution in [0.5, 0.6) is 0 Å². The van der Waals surface area contributed by atoms with Gasteiger partial charge >= 0.3 is 0 Å². The maximum atomic E-state index is 12.1. The Morgan fingerprint density at radius 2 is 1.29 bits per heavy atom. The van der Waals surface area contributed by atoms with E-state index >= 15 is 0 Å². The van der Waals surface area contributed by atoms with Crippen molar-refractivity contribution in [3.05, 3.63) is 0 Å². The zero-order valence-electron chi connectivity index (χ0n) is 21.5. The molecule has 0 spiro atoms. The zero-order chi connectivity index (χ0) is 22.7. The van der Waals surface area contributed by atoms with E-state index in [4.69, 9.17) is 8.85 Å². The van der Waals surface area contributed by atoms with E-state index in [0.29, 0.717) is 23.9 Å². The molecular weight excluding hydrogens is 416 g/mol. The highest BCUT2D eigenvalue weighted by atomic mass is 28.4. The van der Waals surface area contributed by atoms with E-state index in [1.165, 1.54) is 55.5 Å². The van der Waals surface area contributed by atoms with E-state index in [2.05, 4.69) is 41.5 Å². The molecule has 3 nitrogen and oxygen atoms in total. The molecule has 0 unspecified atom stereocenters. The van der Waals surface area contributed by atoms with Gasteiger partial charge in [-0.05, 0) is 93.0 Å². The summed E-state index contributed by atoms with van der Waals surface area (Å²) in [6, 6.07) is 7.33. The van der Waals surface area contributed by atoms with Crippen LogP contribution in [0, 0.1) is 17.8 Å². The molecule has 0 aromatic rings. The number of aliphatic hydroxyl groups is 1. The molecule has 0 amide bonds. The summed E-state index contributed by atoms with van der Waals surface area (Å²) in [7, 11) is -3.28. The molecule has 182 valence electrons. The fraction of sp³-hybridized carbons (Fsp3) is 1.00. The van der Waals surface area contributed by atoms with Crippen molar-refractivity contribution in [3.63, 3.8) is 0 Å². The highest BCUT2D eigenvalue weighted by Gasteiger charge is 2.57. The van der Waals surface area contributed by atoms with Gasteiger partial charge in [-0.3, -0.25) is 0 Å². The summed E-state index contributed by atoms with van der Waals surface area (Å²) < 4.78 is 14.2. The Balaban J connectivity index is 1.87. The van der Waals surface area contributed by atoms with E-state index in [1.54, 1.807) is 0 Å². The first kappa shape index (κ1) is 25.9. The monoisotopic (exact) mass is 468 g/mol. The predicted octanol–water partition coefficient (Wildman–Crippen LogP) is 7.51. The van der Waals surface area contributed by atoms with Crippen LogP contribution in [0.15, 0.2) is 0 Å². The summed E-state index contributed by atoms with van der Waals surface area (Å²) in [6.07, 6.45) is 9.93. The Kier molecular flexibility index (Phi) is 8.96. The van der Waals surface area contributed by atoms with Gasteiger partial charge in [-0.1, -0.05) is 48.0 Å². The molecule has 3 saturated carbocycles. The first-order valence-corrected chi connectivity index (χ1v) is 19.0. The second-order valence-corrected chi connectivity index (χ2v) is 20.6. The van der Waals surface area contributed by atoms with Gasteiger partial charge in [0, 0.05) is 12.0 Å². The van der Waals surface area contributed by atoms with E-state index in [9.17, 15) is 5.11 Å². The van der Waals surface area contributed by atoms with Crippen molar-refractivity contribution >= 4 is 16.6 Å². The van der Waals surface area contributed by atoms with E-state index in [0.717, 1.165) is 32.1 Å². The lowest BCUT2D eigenvalue weighted by Crippen LogP contribution is -2.62. The Morgan fingerprint density at radius 3 is 1.87 bits per heavy atom. The SMILES string of the molecule is CC[Si](CC)(CC)O[C@H]1CC[C@@H]2CC[C@H](O[Si](CC)(CC)CC)[C@@H]3[C@H](CCC[C@]23O)C1. The Hall–Kier alpha value is 0.314. The number of rotatable bonds is 10. The van der Waals surface area contributed by atoms with Crippen molar-refractivity contribution in [1.29, 1.82) is 0 Å². The van der Waals surface area contributed by atoms with Crippen molar-refractivity contribution in [1.82, 2.24) is 0 Å². The van der Waals surface area contributed by atoms with Crippen LogP contribution in [0.2, 0.25) is 36.3 Å². The van der Waals surface area contributed by atoms with Gasteiger partial charge in [-0.2, -0.15) is 0 Å². The highest BCUT2D eigenvalue weighted by Crippen LogP contribution is 2.55. The Bertz CT molecular complexity index is 546. The third-order valence-electron chi connectivity index (χ3n) is 10.2. The van der Waals surface area contributed by atoms with Gasteiger partial charge in [0.25, 0.3) is 0 Å². The smallest absolute Gasteiger partial charge is 0.192 e. The minimum atomic E-state index is -1.68. The van der Waals surface area contributed by atoms with E-state index in [1.807, 2.05) is 0 Å². The third-order valence-corrected chi connectivity index (χ3v) is 19.6. The lowest BCUT2D eigenvalue weighted by Gasteiger charge is -2.58. The summed E-state index contributed by atoms with van der Waals surface area (Å²) in [4.78, 5) is 0. The quantitative estimate of drug-likeness (QED) is 0.337. The largest absolute Gasteiger partial charge is 0.414 e. The molecule has 3 aliphatic carbocycles. The predicted molar refractivity (Wildman–Crippen MR) is 136 cm³/mol. The molecule has 0 heterocycles. The van der Waals surface area contributed by atoms with Crippen LogP contribution in [0.3, 0.4) is 0 Å². The van der Waals surface area contributed by atoms with Gasteiger partial charge in [-0.15, -0.1) is 0 Å². The summed E-state index contributed by atoms with van der Waals surface area (Å²) >= 11 is 0. The van der Waals surface area contributed by atoms with Crippen LogP contribution in [0.1, 0.15) is 92.9 Å². The maximum Gasteiger partial charge on any atom is 0.192 e. The fourth-order valence-corrected chi connectivity index (χ4v) is 13.5. The lowest BCUT2D eigenvalue weighted by atomic mass is 9.54. The standard InChI is InChI=1S/C26H52O3Si2/c1-7-30(8-2,9-3)28-23-17-15-22-16-18-24(29-31(10-4,11-5)12-6)25-21(20-23)14-13-19-26(22,25)27/h21-25,27H,7-20H2,1-6H3/t21-,22-,23+,24+,25+,26+/m1/s1. The average Bonchev–Trinajstić information content (AvgIpc) is 2.80. The molecule has 0 aromatic heterocycles. The highest BCUT2D eigenvalue weighted by molar-refractivity contribution is 6.74. The minimum Gasteiger partial charge on any atom is -0.414 e. The molecule has 3 rings (SSSR count). The van der Waals surface area contributed by atoms with Gasteiger partial charge in [-0.25, -0.2) is 0 Å². The zero-order valence-corrected chi connectivity index (χ0v) is 23.5. The van der Waals surface area contributed by atoms with E-state index < -0.39 is 22.2 Å². The van der Waals surface area contributed by atoms with Crippen molar-refractivity contribution in [2.45, 2.75) is 147 Å². The molecular formula is C26H52O3Si2. The summed E-state index contributed by atoms with van der Waals surface area (Å²) in [6.45, 7) is 14.1. The molecule has 1 N–H and O–H groups in total. The summed E-state index contributed by atoms with van der Waals surface area (Å²) in [5.74, 6) is 1.36. The summed E-state index contributed by atoms with van der Waals surface area (Å²) in [5.41, 5.74) is -0.485. The molecule has 5 heteroatoms. The molecule has 6 atom stereocenters. The summed E-state index contributed by atoms with van der Waals surface area (Å²) in [5, 5.41) is 12.1. The van der Waals surface area contributed by atoms with Gasteiger partial charge in [0.1, 0.15) is 0 Å². The molecule has 4 bridgehead atoms. The molecule has 3 aliphatic rings. The second-order valence-electron chi connectivity index (χ2n) is 11.1. The normalized spacial score (nSPS) is 36.7. The van der Waals surface area contributed by atoms with E-state index in [-0.39, 0.29) is 6.10 Å². The van der Waals surface area contributed by atoms with Crippen molar-refractivity contribution in [2.75, 3.05) is 0 Å². The fourth-order valence-electron chi connectivity index (χ4n) is 7.71. The van der Waals surface area contributed by atoms with Crippen molar-refractivity contribution in [3.8, 4) is 0 Å². The van der Waals surface area contributed by atoms with Crippen LogP contribution in [0.4, 0.5) is 0 Å². The van der Waals surface area contributed by atoms with Gasteiger partial charge < -0.3 is 14.0 Å². The van der Waals surface area contributed by atoms with Crippen LogP contribution >= 0.6 is 0 Å². The maximum absolute atomic E-state index is 12.1. The van der Waals surface area contributed by atoms with Gasteiger partial charge in [0.05, 0.1) is 11.7 Å². The second kappa shape index (κ2) is 10.7. The van der Waals surface area contributed by atoms with Crippen LogP contribution in [0.25, 0.3) is 0 Å². The molecule has 0 aromatic carbocycles. The minimum absolute atomic E-state index is 0.280. The Labute approximate surface area is 195 Å². The first-order valence-electron chi connectivity index (χ1n) is 13.9. The first-order chi connectivity index (χ1) is 14.8. The third kappa shape index (κ3) is 5.06. The Morgan fingerprint density at radius 1 is 0.742 bits per heavy atom. The van der Waals surface area contributed by atoms with Gasteiger partial charge in [0.2, 0.25) is 0 Å². The number of hydrogen-bond acceptors (Lipinski definition) is 3. The molecule has 0 radical (unpaired) electrons. The number of hydrogen-bond donors (Lipinski definition) is 1. The topological polar surface area (TPSA) is 38.7 Å². The molecule has 0 aliphatic heterocycles. The average molecular weight is 469 g/mol. The van der Waals surface area contributed by atoms with Crippen LogP contribution in [-0.4, -0.2) is 39.6 Å². The van der Waals surface area contributed by atoms with Crippen LogP contribution < -0.4 is 0 Å². The molecule has 0 saturated heterocycles. The van der Waals surface area contributed by atoms with Crippen molar-refractivity contribution in [2.24, 2.45) is 17.8 Å². The van der Waals surface area contributed by atoms with Crippen molar-refractivity contribution < 1.29 is 14.0 Å². The lowest BCUT2D eigenvalue weighted by molar-refractivity contribution is -0.189. The van der Waals surface area contributed by atoms with Crippen LogP contribution in [-0.2, 0) is 8.85 Å². The molecule has 31 heavy (non-hydrogen) atoms.